The zero-order valence-electron chi connectivity index (χ0n) is 42.0. The van der Waals surface area contributed by atoms with Crippen molar-refractivity contribution in [2.45, 2.75) is 0 Å². The molecule has 2 aromatic heterocycles. The highest BCUT2D eigenvalue weighted by Gasteiger charge is 2.23. The monoisotopic (exact) mass is 677 g/mol. The number of hydrogen-bond donors (Lipinski definition) is 0. The van der Waals surface area contributed by atoms with Crippen molar-refractivity contribution in [3.63, 3.8) is 0 Å². The zero-order chi connectivity index (χ0) is 47.2. The molecule has 0 aliphatic rings. The van der Waals surface area contributed by atoms with Gasteiger partial charge in [-0.2, -0.15) is 0 Å². The minimum Gasteiger partial charge on any atom is -0.456 e. The Balaban J connectivity index is 1.37. The summed E-state index contributed by atoms with van der Waals surface area (Å²) in [5.74, 6) is 0.610. The summed E-state index contributed by atoms with van der Waals surface area (Å²) in [6.07, 6.45) is 0. The van der Waals surface area contributed by atoms with E-state index in [4.69, 9.17) is 22.5 Å². The van der Waals surface area contributed by atoms with Gasteiger partial charge in [0.2, 0.25) is 0 Å². The van der Waals surface area contributed by atoms with Crippen LogP contribution in [0.2, 0.25) is 0 Å². The average Bonchev–Trinajstić information content (AvgIpc) is 3.90. The Kier molecular flexibility index (Phi) is 3.88. The summed E-state index contributed by atoms with van der Waals surface area (Å²) in [5.41, 5.74) is 3.16. The van der Waals surface area contributed by atoms with Crippen molar-refractivity contribution in [1.82, 2.24) is 0 Å². The van der Waals surface area contributed by atoms with Crippen LogP contribution in [0.4, 0.5) is 0 Å². The lowest BCUT2D eigenvalue weighted by Crippen LogP contribution is -1.92. The van der Waals surface area contributed by atoms with Gasteiger partial charge in [0.15, 0.2) is 0 Å². The van der Waals surface area contributed by atoms with Crippen LogP contribution in [0.3, 0.4) is 0 Å². The Hall–Kier alpha value is -6.90. The Labute approximate surface area is 320 Å². The van der Waals surface area contributed by atoms with Crippen LogP contribution < -0.4 is 0 Å². The first-order chi connectivity index (χ1) is 32.0. The van der Waals surface area contributed by atoms with E-state index in [-0.39, 0.29) is 38.2 Å². The molecule has 0 aliphatic heterocycles. The molecule has 0 aliphatic carbocycles. The third kappa shape index (κ3) is 4.25. The lowest BCUT2D eigenvalue weighted by molar-refractivity contribution is 0.632. The molecule has 0 radical (unpaired) electrons. The Bertz CT molecular complexity index is 3940. The topological polar surface area (TPSA) is 26.3 Å². The average molecular weight is 678 g/mol. The van der Waals surface area contributed by atoms with Crippen molar-refractivity contribution in [2.75, 3.05) is 0 Å². The Morgan fingerprint density at radius 1 is 0.365 bits per heavy atom. The summed E-state index contributed by atoms with van der Waals surface area (Å²) in [6, 6.07) is 17.5. The fourth-order valence-corrected chi connectivity index (χ4v) is 7.45. The van der Waals surface area contributed by atoms with Crippen molar-refractivity contribution >= 4 is 65.2 Å². The van der Waals surface area contributed by atoms with Gasteiger partial charge in [0.25, 0.3) is 0 Å². The molecule has 2 heterocycles. The molecular weight excluding hydrogens is 633 g/mol. The molecule has 9 aromatic carbocycles. The molecular formula is C50H30O2. The molecule has 0 unspecified atom stereocenters. The van der Waals surface area contributed by atoms with E-state index in [1.165, 1.54) is 0 Å². The fourth-order valence-electron chi connectivity index (χ4n) is 7.45. The molecule has 11 rings (SSSR count). The minimum atomic E-state index is -0.774. The lowest BCUT2D eigenvalue weighted by atomic mass is 9.84. The summed E-state index contributed by atoms with van der Waals surface area (Å²) in [5, 5.41) is -0.336. The predicted molar refractivity (Wildman–Crippen MR) is 218 cm³/mol. The Morgan fingerprint density at radius 2 is 0.923 bits per heavy atom. The molecule has 0 atom stereocenters. The second-order valence-corrected chi connectivity index (χ2v) is 12.4. The molecule has 0 fully saturated rings. The van der Waals surface area contributed by atoms with E-state index in [1.54, 1.807) is 18.2 Å². The molecule has 0 N–H and O–H groups in total. The second kappa shape index (κ2) is 11.3. The van der Waals surface area contributed by atoms with Crippen LogP contribution in [0.25, 0.3) is 110 Å². The van der Waals surface area contributed by atoms with E-state index in [1.807, 2.05) is 72.8 Å². The summed E-state index contributed by atoms with van der Waals surface area (Å²) < 4.78 is 149. The quantitative estimate of drug-likeness (QED) is 0.173. The Morgan fingerprint density at radius 3 is 1.62 bits per heavy atom. The van der Waals surface area contributed by atoms with Gasteiger partial charge in [-0.15, -0.1) is 0 Å². The van der Waals surface area contributed by atoms with Crippen molar-refractivity contribution in [1.29, 1.82) is 0 Å². The van der Waals surface area contributed by atoms with Crippen LogP contribution in [0.5, 0.6) is 0 Å². The van der Waals surface area contributed by atoms with Crippen LogP contribution in [0.15, 0.2) is 190 Å². The number of rotatable bonds is 4. The third-order valence-corrected chi connectivity index (χ3v) is 9.61. The van der Waals surface area contributed by atoms with Crippen LogP contribution in [0, 0.1) is 0 Å². The smallest absolute Gasteiger partial charge is 0.143 e. The highest BCUT2D eigenvalue weighted by molar-refractivity contribution is 6.27. The third-order valence-electron chi connectivity index (χ3n) is 9.61. The lowest BCUT2D eigenvalue weighted by Gasteiger charge is -2.19. The fraction of sp³-hybridized carbons (Fsp3) is 0. The molecule has 242 valence electrons. The van der Waals surface area contributed by atoms with Crippen LogP contribution >= 0.6 is 0 Å². The number of furan rings is 2. The number of benzene rings is 9. The van der Waals surface area contributed by atoms with E-state index < -0.39 is 107 Å². The van der Waals surface area contributed by atoms with Crippen molar-refractivity contribution in [3.8, 4) is 44.7 Å². The van der Waals surface area contributed by atoms with Crippen LogP contribution in [-0.2, 0) is 0 Å². The predicted octanol–water partition coefficient (Wildman–Crippen LogP) is 14.5. The summed E-state index contributed by atoms with van der Waals surface area (Å²) >= 11 is 0. The van der Waals surface area contributed by atoms with E-state index in [2.05, 4.69) is 0 Å². The largest absolute Gasteiger partial charge is 0.456 e. The van der Waals surface area contributed by atoms with Gasteiger partial charge in [-0.05, 0) is 78.3 Å². The molecule has 0 saturated heterocycles. The number of fused-ring (bicyclic) bond motifs is 7. The molecule has 0 saturated carbocycles. The molecule has 2 nitrogen and oxygen atoms in total. The van der Waals surface area contributed by atoms with Gasteiger partial charge in [0.05, 0.1) is 20.6 Å². The summed E-state index contributed by atoms with van der Waals surface area (Å²) in [7, 11) is 0. The van der Waals surface area contributed by atoms with Crippen molar-refractivity contribution in [3.05, 3.63) is 182 Å². The minimum absolute atomic E-state index is 0.0310. The first-order valence-electron chi connectivity index (χ1n) is 24.0. The van der Waals surface area contributed by atoms with Crippen LogP contribution in [-0.4, -0.2) is 0 Å². The SMILES string of the molecule is [2H]c1c([2H])c([2H])c2c(-c3c4c([2H])c([2H])c([2H])c([2H])c4c(-c4cccc5oc6cc7c(-c8ccccc8)c(-c8ccccc8)oc7cc6c45)c4c([2H])c([2H])c([2H])c([2H])c34)c([2H])c([2H])c([2H])c2c1[2H]. The van der Waals surface area contributed by atoms with Crippen molar-refractivity contribution < 1.29 is 29.4 Å². The molecule has 0 spiro atoms. The van der Waals surface area contributed by atoms with E-state index >= 15 is 0 Å². The van der Waals surface area contributed by atoms with Crippen LogP contribution in [0.1, 0.15) is 20.6 Å². The molecule has 52 heavy (non-hydrogen) atoms. The first kappa shape index (κ1) is 17.8. The van der Waals surface area contributed by atoms with E-state index in [0.717, 1.165) is 22.1 Å². The zero-order valence-corrected chi connectivity index (χ0v) is 27.0. The summed E-state index contributed by atoms with van der Waals surface area (Å²) in [4.78, 5) is 0. The van der Waals surface area contributed by atoms with Gasteiger partial charge in [0, 0.05) is 27.3 Å². The molecule has 11 aromatic rings. The maximum atomic E-state index is 9.58. The summed E-state index contributed by atoms with van der Waals surface area (Å²) in [6.45, 7) is 0. The maximum absolute atomic E-state index is 9.58. The van der Waals surface area contributed by atoms with Gasteiger partial charge in [0.1, 0.15) is 22.5 Å². The number of hydrogen-bond acceptors (Lipinski definition) is 2. The highest BCUT2D eigenvalue weighted by atomic mass is 16.3. The second-order valence-electron chi connectivity index (χ2n) is 12.4. The van der Waals surface area contributed by atoms with Gasteiger partial charge in [-0.3, -0.25) is 0 Å². The van der Waals surface area contributed by atoms with E-state index in [9.17, 15) is 6.85 Å². The normalized spacial score (nSPS) is 15.9. The first-order valence-corrected chi connectivity index (χ1v) is 16.5. The molecule has 0 amide bonds. The van der Waals surface area contributed by atoms with Gasteiger partial charge in [-0.25, -0.2) is 0 Å². The maximum Gasteiger partial charge on any atom is 0.143 e. The highest BCUT2D eigenvalue weighted by Crippen LogP contribution is 2.49. The molecule has 0 bridgehead atoms. The van der Waals surface area contributed by atoms with Gasteiger partial charge >= 0.3 is 0 Å². The van der Waals surface area contributed by atoms with Gasteiger partial charge < -0.3 is 8.83 Å². The van der Waals surface area contributed by atoms with Gasteiger partial charge in [-0.1, -0.05) is 163 Å². The van der Waals surface area contributed by atoms with Crippen molar-refractivity contribution in [2.24, 2.45) is 0 Å². The van der Waals surface area contributed by atoms with E-state index in [0.29, 0.717) is 33.3 Å². The molecule has 2 heteroatoms. The standard InChI is InChI=1S/C50H30O2/c1-3-16-32(17-4-1)46-41-29-44-42(30-45(41)52-50(46)33-18-5-2-6-19-33)49-40(27-14-28-43(49)51-44)48-38-24-11-9-22-36(38)47(37-23-10-12-25-39(37)48)35-26-13-20-31-15-7-8-21-34(31)35/h1-30H/i7D,8D,9D,10D,11D,12D,13D,15D,20D,21D,22D,23D,24D,25D,26D.